The third-order valence-corrected chi connectivity index (χ3v) is 3.27. The Bertz CT molecular complexity index is 546. The summed E-state index contributed by atoms with van der Waals surface area (Å²) in [6, 6.07) is 2.59. The van der Waals surface area contributed by atoms with Crippen molar-refractivity contribution < 1.29 is 18.4 Å². The lowest BCUT2D eigenvalue weighted by Crippen LogP contribution is -2.59. The standard InChI is InChI=1S/C14H16F2N2O2/c1-8(2)13-14(20)18(7-12(19)17-13)6-9-3-4-10(15)5-11(9)16/h3-5,8,13H,6-7H2,1-2H3,(H,17,19). The Morgan fingerprint density at radius 3 is 2.65 bits per heavy atom. The molecule has 1 unspecified atom stereocenters. The molecule has 2 amide bonds. The van der Waals surface area contributed by atoms with Gasteiger partial charge in [-0.15, -0.1) is 0 Å². The fourth-order valence-electron chi connectivity index (χ4n) is 2.17. The van der Waals surface area contributed by atoms with Crippen molar-refractivity contribution in [3.05, 3.63) is 35.4 Å². The molecule has 1 aromatic rings. The molecule has 1 fully saturated rings. The van der Waals surface area contributed by atoms with Crippen LogP contribution in [0.5, 0.6) is 0 Å². The van der Waals surface area contributed by atoms with E-state index >= 15 is 0 Å². The van der Waals surface area contributed by atoms with Gasteiger partial charge >= 0.3 is 0 Å². The molecule has 1 atom stereocenters. The van der Waals surface area contributed by atoms with Gasteiger partial charge in [0.1, 0.15) is 17.7 Å². The second kappa shape index (κ2) is 5.56. The summed E-state index contributed by atoms with van der Waals surface area (Å²) in [6.07, 6.45) is 0. The molecule has 0 aliphatic carbocycles. The summed E-state index contributed by atoms with van der Waals surface area (Å²) in [4.78, 5) is 25.1. The maximum atomic E-state index is 13.6. The van der Waals surface area contributed by atoms with E-state index in [9.17, 15) is 18.4 Å². The first kappa shape index (κ1) is 14.4. The number of carbonyl (C=O) groups is 2. The number of amides is 2. The van der Waals surface area contributed by atoms with Gasteiger partial charge in [-0.3, -0.25) is 9.59 Å². The maximum Gasteiger partial charge on any atom is 0.246 e. The fraction of sp³-hybridized carbons (Fsp3) is 0.429. The summed E-state index contributed by atoms with van der Waals surface area (Å²) < 4.78 is 26.5. The van der Waals surface area contributed by atoms with E-state index in [1.807, 2.05) is 13.8 Å². The first-order valence-electron chi connectivity index (χ1n) is 6.40. The Morgan fingerprint density at radius 1 is 1.35 bits per heavy atom. The predicted molar refractivity (Wildman–Crippen MR) is 68.5 cm³/mol. The first-order valence-corrected chi connectivity index (χ1v) is 6.40. The van der Waals surface area contributed by atoms with Crippen LogP contribution in [-0.4, -0.2) is 29.3 Å². The summed E-state index contributed by atoms with van der Waals surface area (Å²) in [5.74, 6) is -1.96. The van der Waals surface area contributed by atoms with Gasteiger partial charge in [-0.2, -0.15) is 0 Å². The van der Waals surface area contributed by atoms with Gasteiger partial charge in [0.15, 0.2) is 0 Å². The zero-order valence-electron chi connectivity index (χ0n) is 11.3. The van der Waals surface area contributed by atoms with E-state index in [4.69, 9.17) is 0 Å². The van der Waals surface area contributed by atoms with Crippen molar-refractivity contribution in [2.45, 2.75) is 26.4 Å². The molecule has 4 nitrogen and oxygen atoms in total. The highest BCUT2D eigenvalue weighted by molar-refractivity contribution is 5.94. The van der Waals surface area contributed by atoms with Crippen LogP contribution in [0.1, 0.15) is 19.4 Å². The first-order chi connectivity index (χ1) is 9.38. The zero-order chi connectivity index (χ0) is 14.9. The van der Waals surface area contributed by atoms with Crippen LogP contribution in [0.2, 0.25) is 0 Å². The van der Waals surface area contributed by atoms with Crippen molar-refractivity contribution in [2.75, 3.05) is 6.54 Å². The average molecular weight is 282 g/mol. The lowest BCUT2D eigenvalue weighted by Gasteiger charge is -2.34. The smallest absolute Gasteiger partial charge is 0.246 e. The fourth-order valence-corrected chi connectivity index (χ4v) is 2.17. The summed E-state index contributed by atoms with van der Waals surface area (Å²) in [7, 11) is 0. The van der Waals surface area contributed by atoms with E-state index in [2.05, 4.69) is 5.32 Å². The lowest BCUT2D eigenvalue weighted by molar-refractivity contribution is -0.146. The molecule has 0 bridgehead atoms. The maximum absolute atomic E-state index is 13.6. The van der Waals surface area contributed by atoms with Crippen LogP contribution < -0.4 is 5.32 Å². The van der Waals surface area contributed by atoms with Crippen molar-refractivity contribution in [3.63, 3.8) is 0 Å². The molecule has 1 N–H and O–H groups in total. The molecule has 0 spiro atoms. The van der Waals surface area contributed by atoms with E-state index in [0.717, 1.165) is 12.1 Å². The van der Waals surface area contributed by atoms with Crippen LogP contribution in [0.4, 0.5) is 8.78 Å². The molecule has 0 saturated carbocycles. The minimum Gasteiger partial charge on any atom is -0.343 e. The molecule has 1 heterocycles. The van der Waals surface area contributed by atoms with E-state index < -0.39 is 17.7 Å². The molecule has 1 aromatic carbocycles. The molecular weight excluding hydrogens is 266 g/mol. The van der Waals surface area contributed by atoms with Crippen LogP contribution >= 0.6 is 0 Å². The minimum absolute atomic E-state index is 0.0401. The summed E-state index contributed by atoms with van der Waals surface area (Å²) in [5.41, 5.74) is 0.192. The Labute approximate surface area is 115 Å². The number of benzene rings is 1. The zero-order valence-corrected chi connectivity index (χ0v) is 11.3. The number of nitrogens with zero attached hydrogens (tertiary/aromatic N) is 1. The average Bonchev–Trinajstić information content (AvgIpc) is 2.36. The molecule has 2 rings (SSSR count). The van der Waals surface area contributed by atoms with Crippen molar-refractivity contribution in [2.24, 2.45) is 5.92 Å². The Morgan fingerprint density at radius 2 is 2.05 bits per heavy atom. The Kier molecular flexibility index (Phi) is 4.01. The predicted octanol–water partition coefficient (Wildman–Crippen LogP) is 1.45. The number of carbonyl (C=O) groups excluding carboxylic acids is 2. The molecule has 108 valence electrons. The molecule has 1 saturated heterocycles. The van der Waals surface area contributed by atoms with E-state index in [1.165, 1.54) is 11.0 Å². The third kappa shape index (κ3) is 2.95. The SMILES string of the molecule is CC(C)C1NC(=O)CN(Cc2ccc(F)cc2F)C1=O. The number of halogens is 2. The van der Waals surface area contributed by atoms with Crippen LogP contribution in [0.3, 0.4) is 0 Å². The van der Waals surface area contributed by atoms with E-state index in [0.29, 0.717) is 0 Å². The van der Waals surface area contributed by atoms with Gasteiger partial charge in [-0.05, 0) is 12.0 Å². The van der Waals surface area contributed by atoms with Gasteiger partial charge in [0.05, 0.1) is 6.54 Å². The number of piperazine rings is 1. The van der Waals surface area contributed by atoms with E-state index in [-0.39, 0.29) is 36.4 Å². The molecular formula is C14H16F2N2O2. The van der Waals surface area contributed by atoms with Crippen molar-refractivity contribution in [3.8, 4) is 0 Å². The minimum atomic E-state index is -0.718. The number of nitrogens with one attached hydrogen (secondary N) is 1. The third-order valence-electron chi connectivity index (χ3n) is 3.27. The van der Waals surface area contributed by atoms with Crippen LogP contribution in [0.25, 0.3) is 0 Å². The van der Waals surface area contributed by atoms with Gasteiger partial charge in [-0.25, -0.2) is 8.78 Å². The quantitative estimate of drug-likeness (QED) is 0.912. The largest absolute Gasteiger partial charge is 0.343 e. The van der Waals surface area contributed by atoms with Gasteiger partial charge in [0.2, 0.25) is 11.8 Å². The van der Waals surface area contributed by atoms with Gasteiger partial charge in [0.25, 0.3) is 0 Å². The highest BCUT2D eigenvalue weighted by Gasteiger charge is 2.34. The van der Waals surface area contributed by atoms with E-state index in [1.54, 1.807) is 0 Å². The van der Waals surface area contributed by atoms with Crippen molar-refractivity contribution in [1.82, 2.24) is 10.2 Å². The molecule has 6 heteroatoms. The number of rotatable bonds is 3. The normalized spacial score (nSPS) is 19.4. The molecule has 20 heavy (non-hydrogen) atoms. The number of hydrogen-bond donors (Lipinski definition) is 1. The van der Waals surface area contributed by atoms with Crippen molar-refractivity contribution in [1.29, 1.82) is 0 Å². The summed E-state index contributed by atoms with van der Waals surface area (Å²) in [5, 5.41) is 2.62. The monoisotopic (exact) mass is 282 g/mol. The topological polar surface area (TPSA) is 49.4 Å². The van der Waals surface area contributed by atoms with Gasteiger partial charge in [0, 0.05) is 18.2 Å². The summed E-state index contributed by atoms with van der Waals surface area (Å²) >= 11 is 0. The highest BCUT2D eigenvalue weighted by Crippen LogP contribution is 2.16. The lowest BCUT2D eigenvalue weighted by atomic mass is 10.0. The highest BCUT2D eigenvalue weighted by atomic mass is 19.1. The second-order valence-corrected chi connectivity index (χ2v) is 5.22. The second-order valence-electron chi connectivity index (χ2n) is 5.22. The Balaban J connectivity index is 2.19. The molecule has 1 aliphatic rings. The molecule has 0 radical (unpaired) electrons. The molecule has 1 aliphatic heterocycles. The van der Waals surface area contributed by atoms with Crippen LogP contribution in [-0.2, 0) is 16.1 Å². The molecule has 0 aromatic heterocycles. The summed E-state index contributed by atoms with van der Waals surface area (Å²) in [6.45, 7) is 3.50. The van der Waals surface area contributed by atoms with Crippen LogP contribution in [0.15, 0.2) is 18.2 Å². The number of hydrogen-bond acceptors (Lipinski definition) is 2. The van der Waals surface area contributed by atoms with Gasteiger partial charge in [-0.1, -0.05) is 19.9 Å². The van der Waals surface area contributed by atoms with Gasteiger partial charge < -0.3 is 10.2 Å². The Hall–Kier alpha value is -1.98. The van der Waals surface area contributed by atoms with Crippen LogP contribution in [0, 0.1) is 17.6 Å². The van der Waals surface area contributed by atoms with Crippen molar-refractivity contribution >= 4 is 11.8 Å².